The van der Waals surface area contributed by atoms with Crippen LogP contribution in [-0.4, -0.2) is 8.97 Å². The van der Waals surface area contributed by atoms with Gasteiger partial charge in [-0.25, -0.2) is 0 Å². The second-order valence-electron chi connectivity index (χ2n) is 11.7. The topological polar surface area (TPSA) is 9.34 Å². The molecule has 3 heterocycles. The molecule has 200 valence electrons. The van der Waals surface area contributed by atoms with Gasteiger partial charge < -0.3 is 0 Å². The molecule has 0 radical (unpaired) electrons. The van der Waals surface area contributed by atoms with Crippen LogP contribution in [0.25, 0.3) is 77.1 Å². The Bertz CT molecular complexity index is 2580. The molecule has 0 saturated carbocycles. The van der Waals surface area contributed by atoms with Crippen molar-refractivity contribution in [3.8, 4) is 27.9 Å². The molecule has 0 aliphatic heterocycles. The van der Waals surface area contributed by atoms with Crippen LogP contribution >= 0.6 is 0 Å². The van der Waals surface area contributed by atoms with Gasteiger partial charge in [-0.05, 0) is 75.5 Å². The zero-order chi connectivity index (χ0) is 28.1. The lowest BCUT2D eigenvalue weighted by molar-refractivity contribution is 1.12. The molecule has 3 aromatic heterocycles. The summed E-state index contributed by atoms with van der Waals surface area (Å²) in [7, 11) is 0. The highest BCUT2D eigenvalue weighted by Gasteiger charge is 2.22. The van der Waals surface area contributed by atoms with E-state index in [9.17, 15) is 0 Å². The van der Waals surface area contributed by atoms with E-state index in [1.165, 1.54) is 88.2 Å². The van der Waals surface area contributed by atoms with E-state index in [1.807, 2.05) is 0 Å². The van der Waals surface area contributed by atoms with Gasteiger partial charge in [0, 0.05) is 27.2 Å². The number of benzene rings is 6. The van der Waals surface area contributed by atoms with Crippen LogP contribution in [0.4, 0.5) is 0 Å². The van der Waals surface area contributed by atoms with E-state index in [-0.39, 0.29) is 0 Å². The van der Waals surface area contributed by atoms with Crippen molar-refractivity contribution in [3.05, 3.63) is 157 Å². The number of fused-ring (bicyclic) bond motifs is 13. The largest absolute Gasteiger partial charge is 0.295 e. The van der Waals surface area contributed by atoms with Crippen molar-refractivity contribution < 1.29 is 0 Å². The minimum Gasteiger partial charge on any atom is -0.295 e. The maximum atomic E-state index is 2.47. The fraction of sp³-hybridized carbons (Fsp3) is 0.0244. The average molecular weight is 547 g/mol. The second-order valence-corrected chi connectivity index (χ2v) is 11.7. The van der Waals surface area contributed by atoms with Crippen molar-refractivity contribution in [3.63, 3.8) is 0 Å². The lowest BCUT2D eigenvalue weighted by Gasteiger charge is -2.14. The van der Waals surface area contributed by atoms with E-state index >= 15 is 0 Å². The molecule has 0 saturated heterocycles. The van der Waals surface area contributed by atoms with Gasteiger partial charge >= 0.3 is 0 Å². The van der Waals surface area contributed by atoms with Crippen molar-refractivity contribution in [2.24, 2.45) is 0 Å². The number of pyridine rings is 1. The molecular weight excluding hydrogens is 520 g/mol. The fourth-order valence-electron chi connectivity index (χ4n) is 7.69. The van der Waals surface area contributed by atoms with Crippen LogP contribution in [0.5, 0.6) is 0 Å². The van der Waals surface area contributed by atoms with Gasteiger partial charge in [-0.1, -0.05) is 115 Å². The Kier molecular flexibility index (Phi) is 4.53. The quantitative estimate of drug-likeness (QED) is 0.191. The summed E-state index contributed by atoms with van der Waals surface area (Å²) in [6, 6.07) is 53.6. The van der Waals surface area contributed by atoms with Crippen molar-refractivity contribution in [1.82, 2.24) is 8.97 Å². The normalized spacial score (nSPS) is 12.6. The van der Waals surface area contributed by atoms with Gasteiger partial charge in [0.05, 0.1) is 16.6 Å². The Morgan fingerprint density at radius 1 is 0.419 bits per heavy atom. The minimum absolute atomic E-state index is 0.990. The van der Waals surface area contributed by atoms with Crippen LogP contribution in [0, 0.1) is 0 Å². The number of rotatable bonds is 2. The van der Waals surface area contributed by atoms with E-state index in [0.717, 1.165) is 6.42 Å². The number of aromatic nitrogens is 2. The third kappa shape index (κ3) is 3.07. The Labute approximate surface area is 248 Å². The molecule has 1 aliphatic rings. The molecule has 0 fully saturated rings. The van der Waals surface area contributed by atoms with E-state index in [1.54, 1.807) is 0 Å². The molecular formula is C41H26N2. The molecule has 2 nitrogen and oxygen atoms in total. The average Bonchev–Trinajstić information content (AvgIpc) is 3.74. The first kappa shape index (κ1) is 23.0. The lowest BCUT2D eigenvalue weighted by Crippen LogP contribution is -1.99. The molecule has 2 heteroatoms. The predicted molar refractivity (Wildman–Crippen MR) is 180 cm³/mol. The van der Waals surface area contributed by atoms with Crippen molar-refractivity contribution in [2.75, 3.05) is 0 Å². The van der Waals surface area contributed by atoms with Gasteiger partial charge in [0.25, 0.3) is 0 Å². The zero-order valence-corrected chi connectivity index (χ0v) is 23.5. The number of nitrogens with zero attached hydrogens (tertiary/aromatic N) is 2. The first-order chi connectivity index (χ1) is 21.3. The van der Waals surface area contributed by atoms with Crippen molar-refractivity contribution in [2.45, 2.75) is 6.42 Å². The van der Waals surface area contributed by atoms with Crippen LogP contribution in [0.15, 0.2) is 146 Å². The Balaban J connectivity index is 1.23. The summed E-state index contributed by atoms with van der Waals surface area (Å²) >= 11 is 0. The molecule has 1 aliphatic carbocycles. The molecule has 43 heavy (non-hydrogen) atoms. The predicted octanol–water partition coefficient (Wildman–Crippen LogP) is 10.6. The highest BCUT2D eigenvalue weighted by atomic mass is 15.1. The Morgan fingerprint density at radius 2 is 1.02 bits per heavy atom. The first-order valence-electron chi connectivity index (χ1n) is 15.0. The number of hydrogen-bond acceptors (Lipinski definition) is 0. The van der Waals surface area contributed by atoms with Gasteiger partial charge in [0.15, 0.2) is 0 Å². The standard InChI is InChI=1S/C41H26N2/c1-2-11-30-27(10-1)24-36-29(16-9-17-31(30)36)26-20-22-28(23-21-26)42-38-18-7-6-15-35(38)37-25-40-34-14-4-3-12-32(34)33-13-5-8-19-39(33)43(40)41(37)42/h1-23,25H,24H2. The highest BCUT2D eigenvalue weighted by molar-refractivity contribution is 6.19. The smallest absolute Gasteiger partial charge is 0.131 e. The van der Waals surface area contributed by atoms with Gasteiger partial charge in [-0.2, -0.15) is 0 Å². The van der Waals surface area contributed by atoms with E-state index in [4.69, 9.17) is 0 Å². The van der Waals surface area contributed by atoms with Crippen LogP contribution in [0.2, 0.25) is 0 Å². The summed E-state index contributed by atoms with van der Waals surface area (Å²) in [6.07, 6.45) is 0.990. The molecule has 9 aromatic rings. The van der Waals surface area contributed by atoms with E-state index in [2.05, 4.69) is 155 Å². The number of hydrogen-bond donors (Lipinski definition) is 0. The second kappa shape index (κ2) is 8.47. The van der Waals surface area contributed by atoms with Crippen LogP contribution in [-0.2, 0) is 6.42 Å². The zero-order valence-electron chi connectivity index (χ0n) is 23.5. The summed E-state index contributed by atoms with van der Waals surface area (Å²) in [5.41, 5.74) is 14.3. The van der Waals surface area contributed by atoms with E-state index < -0.39 is 0 Å². The molecule has 0 spiro atoms. The lowest BCUT2D eigenvalue weighted by atomic mass is 9.95. The summed E-state index contributed by atoms with van der Waals surface area (Å²) in [6.45, 7) is 0. The molecule has 10 rings (SSSR count). The number of para-hydroxylation sites is 2. The van der Waals surface area contributed by atoms with Gasteiger partial charge in [-0.15, -0.1) is 0 Å². The first-order valence-corrected chi connectivity index (χ1v) is 15.0. The maximum absolute atomic E-state index is 2.47. The van der Waals surface area contributed by atoms with Crippen LogP contribution in [0.1, 0.15) is 11.1 Å². The van der Waals surface area contributed by atoms with Crippen LogP contribution in [0.3, 0.4) is 0 Å². The van der Waals surface area contributed by atoms with Crippen LogP contribution < -0.4 is 0 Å². The van der Waals surface area contributed by atoms with Crippen molar-refractivity contribution in [1.29, 1.82) is 0 Å². The molecule has 6 aromatic carbocycles. The molecule has 0 amide bonds. The minimum atomic E-state index is 0.990. The Morgan fingerprint density at radius 3 is 1.84 bits per heavy atom. The molecule has 0 N–H and O–H groups in total. The third-order valence-corrected chi connectivity index (χ3v) is 9.55. The van der Waals surface area contributed by atoms with Gasteiger partial charge in [0.1, 0.15) is 5.65 Å². The third-order valence-electron chi connectivity index (χ3n) is 9.55. The van der Waals surface area contributed by atoms with Crippen molar-refractivity contribution >= 4 is 49.1 Å². The molecule has 0 bridgehead atoms. The SMILES string of the molecule is c1ccc2c(c1)Cc1c(-c3ccc(-n4c5ccccc5c5cc6c7ccccc7c7ccccc7n6c54)cc3)cccc1-2. The summed E-state index contributed by atoms with van der Waals surface area (Å²) < 4.78 is 4.93. The maximum Gasteiger partial charge on any atom is 0.131 e. The molecule has 0 atom stereocenters. The fourth-order valence-corrected chi connectivity index (χ4v) is 7.69. The monoisotopic (exact) mass is 546 g/mol. The highest BCUT2D eigenvalue weighted by Crippen LogP contribution is 2.43. The summed E-state index contributed by atoms with van der Waals surface area (Å²) in [5.74, 6) is 0. The summed E-state index contributed by atoms with van der Waals surface area (Å²) in [4.78, 5) is 0. The summed E-state index contributed by atoms with van der Waals surface area (Å²) in [5, 5.41) is 6.40. The van der Waals surface area contributed by atoms with E-state index in [0.29, 0.717) is 0 Å². The Hall–Kier alpha value is -5.60. The van der Waals surface area contributed by atoms with Gasteiger partial charge in [0.2, 0.25) is 0 Å². The molecule has 0 unspecified atom stereocenters. The van der Waals surface area contributed by atoms with Gasteiger partial charge in [-0.3, -0.25) is 8.97 Å².